The second-order valence-corrected chi connectivity index (χ2v) is 4.50. The lowest BCUT2D eigenvalue weighted by Crippen LogP contribution is -2.33. The van der Waals surface area contributed by atoms with E-state index in [2.05, 4.69) is 5.43 Å². The van der Waals surface area contributed by atoms with Crippen molar-refractivity contribution in [2.45, 2.75) is 26.4 Å². The fraction of sp³-hybridized carbons (Fsp3) is 0.500. The van der Waals surface area contributed by atoms with Gasteiger partial charge in [0.05, 0.1) is 11.5 Å². The zero-order valence-electron chi connectivity index (χ0n) is 11.2. The van der Waals surface area contributed by atoms with E-state index in [0.29, 0.717) is 18.8 Å². The molecule has 0 saturated carbocycles. The number of nitrogens with one attached hydrogen (secondary N) is 1. The number of hydrazine groups is 1. The molecule has 0 atom stereocenters. The standard InChI is InChI=1S/C12H20N4O3/c1-9(2)15(6-7-17)8-10-4-3-5-11(16(18)19)12(10)14-13/h3-5,9,14,17H,6-8,13H2,1-2H3. The summed E-state index contributed by atoms with van der Waals surface area (Å²) in [5.41, 5.74) is 3.40. The molecule has 0 spiro atoms. The van der Waals surface area contributed by atoms with Gasteiger partial charge in [-0.3, -0.25) is 20.9 Å². The predicted octanol–water partition coefficient (Wildman–Crippen LogP) is 1.08. The first-order valence-corrected chi connectivity index (χ1v) is 6.09. The first-order chi connectivity index (χ1) is 9.01. The van der Waals surface area contributed by atoms with Crippen molar-refractivity contribution < 1.29 is 10.0 Å². The smallest absolute Gasteiger partial charge is 0.293 e. The average Bonchev–Trinajstić information content (AvgIpc) is 2.37. The molecule has 0 aliphatic heterocycles. The van der Waals surface area contributed by atoms with Crippen molar-refractivity contribution in [2.24, 2.45) is 5.84 Å². The quantitative estimate of drug-likeness (QED) is 0.388. The Morgan fingerprint density at radius 2 is 2.21 bits per heavy atom. The molecule has 0 radical (unpaired) electrons. The van der Waals surface area contributed by atoms with Gasteiger partial charge in [0.1, 0.15) is 5.69 Å². The van der Waals surface area contributed by atoms with E-state index < -0.39 is 4.92 Å². The molecule has 0 aromatic heterocycles. The van der Waals surface area contributed by atoms with E-state index in [1.807, 2.05) is 18.7 Å². The molecule has 0 unspecified atom stereocenters. The summed E-state index contributed by atoms with van der Waals surface area (Å²) in [4.78, 5) is 12.5. The minimum absolute atomic E-state index is 0.0402. The molecule has 1 aromatic carbocycles. The Kier molecular flexibility index (Phi) is 5.68. The Hall–Kier alpha value is -1.70. The number of nitro groups is 1. The molecule has 0 amide bonds. The predicted molar refractivity (Wildman–Crippen MR) is 73.5 cm³/mol. The van der Waals surface area contributed by atoms with Crippen LogP contribution in [-0.2, 0) is 6.54 Å². The van der Waals surface area contributed by atoms with Crippen LogP contribution in [0.25, 0.3) is 0 Å². The van der Waals surface area contributed by atoms with Crippen molar-refractivity contribution in [3.05, 3.63) is 33.9 Å². The van der Waals surface area contributed by atoms with Crippen LogP contribution in [0, 0.1) is 10.1 Å². The average molecular weight is 268 g/mol. The van der Waals surface area contributed by atoms with Crippen molar-refractivity contribution in [1.29, 1.82) is 0 Å². The summed E-state index contributed by atoms with van der Waals surface area (Å²) in [5, 5.41) is 20.0. The molecule has 0 fully saturated rings. The Balaban J connectivity index is 3.05. The lowest BCUT2D eigenvalue weighted by molar-refractivity contribution is -0.384. The van der Waals surface area contributed by atoms with E-state index >= 15 is 0 Å². The number of hydrogen-bond acceptors (Lipinski definition) is 6. The highest BCUT2D eigenvalue weighted by molar-refractivity contribution is 5.65. The summed E-state index contributed by atoms with van der Waals surface area (Å²) in [6.45, 7) is 5.04. The van der Waals surface area contributed by atoms with Gasteiger partial charge in [-0.2, -0.15) is 0 Å². The van der Waals surface area contributed by atoms with Gasteiger partial charge in [0, 0.05) is 25.2 Å². The number of aliphatic hydroxyl groups is 1. The second-order valence-electron chi connectivity index (χ2n) is 4.50. The SMILES string of the molecule is CC(C)N(CCO)Cc1cccc([N+](=O)[O-])c1NN. The number of aliphatic hydroxyl groups excluding tert-OH is 1. The highest BCUT2D eigenvalue weighted by Crippen LogP contribution is 2.28. The number of hydrogen-bond donors (Lipinski definition) is 3. The van der Waals surface area contributed by atoms with Crippen molar-refractivity contribution >= 4 is 11.4 Å². The molecule has 0 bridgehead atoms. The van der Waals surface area contributed by atoms with E-state index in [-0.39, 0.29) is 18.3 Å². The van der Waals surface area contributed by atoms with Crippen LogP contribution in [0.5, 0.6) is 0 Å². The van der Waals surface area contributed by atoms with E-state index in [1.165, 1.54) is 6.07 Å². The maximum absolute atomic E-state index is 10.9. The van der Waals surface area contributed by atoms with Crippen LogP contribution in [0.3, 0.4) is 0 Å². The maximum atomic E-state index is 10.9. The summed E-state index contributed by atoms with van der Waals surface area (Å²) >= 11 is 0. The second kappa shape index (κ2) is 7.03. The maximum Gasteiger partial charge on any atom is 0.293 e. The van der Waals surface area contributed by atoms with E-state index in [0.717, 1.165) is 5.56 Å². The zero-order valence-corrected chi connectivity index (χ0v) is 11.2. The molecule has 19 heavy (non-hydrogen) atoms. The van der Waals surface area contributed by atoms with Gasteiger partial charge < -0.3 is 10.5 Å². The number of para-hydroxylation sites is 1. The summed E-state index contributed by atoms with van der Waals surface area (Å²) in [6.07, 6.45) is 0. The molecule has 7 nitrogen and oxygen atoms in total. The molecule has 106 valence electrons. The molecule has 1 aromatic rings. The van der Waals surface area contributed by atoms with Crippen molar-refractivity contribution in [3.8, 4) is 0 Å². The van der Waals surface area contributed by atoms with Gasteiger partial charge in [-0.15, -0.1) is 0 Å². The monoisotopic (exact) mass is 268 g/mol. The number of benzene rings is 1. The first-order valence-electron chi connectivity index (χ1n) is 6.09. The number of anilines is 1. The van der Waals surface area contributed by atoms with Crippen LogP contribution in [-0.4, -0.2) is 34.1 Å². The number of rotatable bonds is 7. The van der Waals surface area contributed by atoms with Crippen molar-refractivity contribution in [1.82, 2.24) is 4.90 Å². The summed E-state index contributed by atoms with van der Waals surface area (Å²) in [6, 6.07) is 5.04. The fourth-order valence-electron chi connectivity index (χ4n) is 1.90. The Morgan fingerprint density at radius 3 is 2.68 bits per heavy atom. The first kappa shape index (κ1) is 15.4. The third kappa shape index (κ3) is 3.88. The zero-order chi connectivity index (χ0) is 14.4. The molecular formula is C12H20N4O3. The van der Waals surface area contributed by atoms with Gasteiger partial charge in [-0.25, -0.2) is 0 Å². The number of nitro benzene ring substituents is 1. The van der Waals surface area contributed by atoms with E-state index in [4.69, 9.17) is 10.9 Å². The lowest BCUT2D eigenvalue weighted by Gasteiger charge is -2.26. The molecule has 4 N–H and O–H groups in total. The summed E-state index contributed by atoms with van der Waals surface area (Å²) in [5.74, 6) is 5.39. The minimum Gasteiger partial charge on any atom is -0.395 e. The third-order valence-electron chi connectivity index (χ3n) is 2.96. The van der Waals surface area contributed by atoms with Crippen molar-refractivity contribution in [3.63, 3.8) is 0 Å². The van der Waals surface area contributed by atoms with E-state index in [1.54, 1.807) is 12.1 Å². The van der Waals surface area contributed by atoms with Crippen LogP contribution in [0.2, 0.25) is 0 Å². The number of nitrogen functional groups attached to an aromatic ring is 1. The van der Waals surface area contributed by atoms with E-state index in [9.17, 15) is 10.1 Å². The molecule has 0 heterocycles. The van der Waals surface area contributed by atoms with Gasteiger partial charge in [-0.05, 0) is 19.4 Å². The van der Waals surface area contributed by atoms with Crippen LogP contribution >= 0.6 is 0 Å². The van der Waals surface area contributed by atoms with Crippen molar-refractivity contribution in [2.75, 3.05) is 18.6 Å². The topological polar surface area (TPSA) is 105 Å². The fourth-order valence-corrected chi connectivity index (χ4v) is 1.90. The summed E-state index contributed by atoms with van der Waals surface area (Å²) < 4.78 is 0. The molecule has 7 heteroatoms. The lowest BCUT2D eigenvalue weighted by atomic mass is 10.1. The Bertz CT molecular complexity index is 437. The van der Waals surface area contributed by atoms with Gasteiger partial charge >= 0.3 is 0 Å². The van der Waals surface area contributed by atoms with Crippen LogP contribution in [0.15, 0.2) is 18.2 Å². The minimum atomic E-state index is -0.468. The Labute approximate surface area is 112 Å². The highest BCUT2D eigenvalue weighted by Gasteiger charge is 2.19. The highest BCUT2D eigenvalue weighted by atomic mass is 16.6. The van der Waals surface area contributed by atoms with Gasteiger partial charge in [-0.1, -0.05) is 12.1 Å². The van der Waals surface area contributed by atoms with Crippen LogP contribution < -0.4 is 11.3 Å². The van der Waals surface area contributed by atoms with Gasteiger partial charge in [0.15, 0.2) is 0 Å². The Morgan fingerprint density at radius 1 is 1.53 bits per heavy atom. The molecule has 0 saturated heterocycles. The normalized spacial score (nSPS) is 11.1. The molecule has 1 rings (SSSR count). The van der Waals surface area contributed by atoms with Crippen LogP contribution in [0.4, 0.5) is 11.4 Å². The number of nitrogens with zero attached hydrogens (tertiary/aromatic N) is 2. The largest absolute Gasteiger partial charge is 0.395 e. The molecule has 0 aliphatic carbocycles. The third-order valence-corrected chi connectivity index (χ3v) is 2.96. The van der Waals surface area contributed by atoms with Crippen LogP contribution in [0.1, 0.15) is 19.4 Å². The summed E-state index contributed by atoms with van der Waals surface area (Å²) in [7, 11) is 0. The molecular weight excluding hydrogens is 248 g/mol. The van der Waals surface area contributed by atoms with Gasteiger partial charge in [0.25, 0.3) is 5.69 Å². The molecule has 0 aliphatic rings. The number of nitrogens with two attached hydrogens (primary N) is 1. The van der Waals surface area contributed by atoms with Gasteiger partial charge in [0.2, 0.25) is 0 Å².